The van der Waals surface area contributed by atoms with Gasteiger partial charge >= 0.3 is 0 Å². The van der Waals surface area contributed by atoms with Gasteiger partial charge in [-0.1, -0.05) is 188 Å². The monoisotopic (exact) mass is 805 g/mol. The lowest BCUT2D eigenvalue weighted by atomic mass is 9.87. The molecular formula is C60H39NO2. The normalized spacial score (nSPS) is 11.5. The van der Waals surface area contributed by atoms with Crippen LogP contribution >= 0.6 is 0 Å². The largest absolute Gasteiger partial charge is 0.456 e. The first-order valence-corrected chi connectivity index (χ1v) is 21.4. The van der Waals surface area contributed by atoms with E-state index in [0.29, 0.717) is 0 Å². The van der Waals surface area contributed by atoms with Gasteiger partial charge in [-0.2, -0.15) is 0 Å². The summed E-state index contributed by atoms with van der Waals surface area (Å²) in [6.07, 6.45) is 0. The van der Waals surface area contributed by atoms with Gasteiger partial charge in [0.25, 0.3) is 0 Å². The molecule has 12 aromatic rings. The molecule has 12 rings (SSSR count). The lowest BCUT2D eigenvalue weighted by Crippen LogP contribution is -2.12. The lowest BCUT2D eigenvalue weighted by Gasteiger charge is -2.30. The van der Waals surface area contributed by atoms with E-state index in [9.17, 15) is 0 Å². The van der Waals surface area contributed by atoms with Crippen molar-refractivity contribution in [2.75, 3.05) is 4.90 Å². The Hall–Kier alpha value is -8.40. The number of nitrogens with zero attached hydrogens (tertiary/aromatic N) is 1. The number of rotatable bonds is 8. The Morgan fingerprint density at radius 2 is 0.746 bits per heavy atom. The number of benzene rings is 10. The maximum atomic E-state index is 6.88. The fourth-order valence-corrected chi connectivity index (χ4v) is 9.46. The molecule has 0 saturated carbocycles. The fourth-order valence-electron chi connectivity index (χ4n) is 9.46. The summed E-state index contributed by atoms with van der Waals surface area (Å²) in [6.45, 7) is 0. The van der Waals surface area contributed by atoms with E-state index < -0.39 is 0 Å². The van der Waals surface area contributed by atoms with Gasteiger partial charge in [0.15, 0.2) is 0 Å². The smallest absolute Gasteiger partial charge is 0.143 e. The van der Waals surface area contributed by atoms with E-state index in [1.807, 2.05) is 18.2 Å². The summed E-state index contributed by atoms with van der Waals surface area (Å²) >= 11 is 0. The van der Waals surface area contributed by atoms with Crippen LogP contribution in [0.15, 0.2) is 245 Å². The highest BCUT2D eigenvalue weighted by Crippen LogP contribution is 2.50. The minimum atomic E-state index is 0.829. The first kappa shape index (κ1) is 36.5. The zero-order valence-corrected chi connectivity index (χ0v) is 34.3. The van der Waals surface area contributed by atoms with Crippen molar-refractivity contribution in [1.29, 1.82) is 0 Å². The lowest BCUT2D eigenvalue weighted by molar-refractivity contribution is 0.669. The predicted octanol–water partition coefficient (Wildman–Crippen LogP) is 17.3. The van der Waals surface area contributed by atoms with Gasteiger partial charge in [0.05, 0.1) is 5.69 Å². The Bertz CT molecular complexity index is 3640. The molecule has 0 bridgehead atoms. The van der Waals surface area contributed by atoms with E-state index in [2.05, 4.69) is 223 Å². The Morgan fingerprint density at radius 1 is 0.270 bits per heavy atom. The molecule has 0 aliphatic rings. The number of anilines is 3. The third-order valence-corrected chi connectivity index (χ3v) is 12.3. The van der Waals surface area contributed by atoms with Crippen LogP contribution in [0.4, 0.5) is 17.1 Å². The van der Waals surface area contributed by atoms with Crippen LogP contribution < -0.4 is 4.90 Å². The third kappa shape index (κ3) is 6.29. The quantitative estimate of drug-likeness (QED) is 0.153. The molecule has 0 amide bonds. The van der Waals surface area contributed by atoms with Gasteiger partial charge in [-0.25, -0.2) is 0 Å². The predicted molar refractivity (Wildman–Crippen MR) is 263 cm³/mol. The summed E-state index contributed by atoms with van der Waals surface area (Å²) in [5.74, 6) is 0. The summed E-state index contributed by atoms with van der Waals surface area (Å²) < 4.78 is 13.5. The number of hydrogen-bond donors (Lipinski definition) is 0. The summed E-state index contributed by atoms with van der Waals surface area (Å²) in [5, 5.41) is 4.35. The molecular weight excluding hydrogens is 767 g/mol. The molecule has 296 valence electrons. The van der Waals surface area contributed by atoms with Crippen LogP contribution in [0.1, 0.15) is 0 Å². The number of para-hydroxylation sites is 3. The number of furan rings is 2. The molecule has 63 heavy (non-hydrogen) atoms. The topological polar surface area (TPSA) is 29.5 Å². The van der Waals surface area contributed by atoms with E-state index in [4.69, 9.17) is 8.83 Å². The highest BCUT2D eigenvalue weighted by molar-refractivity contribution is 6.13. The first-order valence-electron chi connectivity index (χ1n) is 21.4. The van der Waals surface area contributed by atoms with Gasteiger partial charge in [0, 0.05) is 50.1 Å². The van der Waals surface area contributed by atoms with Crippen molar-refractivity contribution in [2.24, 2.45) is 0 Å². The van der Waals surface area contributed by atoms with Crippen molar-refractivity contribution in [3.63, 3.8) is 0 Å². The average molecular weight is 806 g/mol. The molecule has 10 aromatic carbocycles. The van der Waals surface area contributed by atoms with Crippen LogP contribution in [0.3, 0.4) is 0 Å². The van der Waals surface area contributed by atoms with Crippen molar-refractivity contribution in [3.8, 4) is 55.6 Å². The molecule has 3 heteroatoms. The van der Waals surface area contributed by atoms with Gasteiger partial charge in [-0.3, -0.25) is 0 Å². The van der Waals surface area contributed by atoms with Gasteiger partial charge in [-0.05, 0) is 87.0 Å². The summed E-state index contributed by atoms with van der Waals surface area (Å²) in [4.78, 5) is 2.40. The number of hydrogen-bond acceptors (Lipinski definition) is 3. The van der Waals surface area contributed by atoms with E-state index in [0.717, 1.165) is 105 Å². The van der Waals surface area contributed by atoms with Gasteiger partial charge < -0.3 is 13.7 Å². The second kappa shape index (κ2) is 15.3. The Kier molecular flexibility index (Phi) is 8.83. The molecule has 0 N–H and O–H groups in total. The molecule has 0 atom stereocenters. The Balaban J connectivity index is 1.17. The maximum Gasteiger partial charge on any atom is 0.143 e. The third-order valence-electron chi connectivity index (χ3n) is 12.3. The minimum Gasteiger partial charge on any atom is -0.456 e. The van der Waals surface area contributed by atoms with Crippen LogP contribution in [0.5, 0.6) is 0 Å². The van der Waals surface area contributed by atoms with Gasteiger partial charge in [0.2, 0.25) is 0 Å². The van der Waals surface area contributed by atoms with E-state index >= 15 is 0 Å². The van der Waals surface area contributed by atoms with E-state index in [1.54, 1.807) is 0 Å². The van der Waals surface area contributed by atoms with E-state index in [1.165, 1.54) is 11.1 Å². The zero-order chi connectivity index (χ0) is 41.7. The van der Waals surface area contributed by atoms with Crippen molar-refractivity contribution in [3.05, 3.63) is 237 Å². The standard InChI is InChI=1S/C60H39NO2/c1-3-18-40(19-4-1)45-24-7-8-26-47(45)42-22-15-23-43(38-42)61(44-36-37-51-49-28-11-13-34-56(49)62-58(51)39-44)55-33-17-30-52(48-27-10-9-25-46(48)41-20-5-2-6-21-41)59(55)54-32-16-31-53-50-29-12-14-35-57(50)63-60(53)54/h1-39H. The summed E-state index contributed by atoms with van der Waals surface area (Å²) in [7, 11) is 0. The number of fused-ring (bicyclic) bond motifs is 6. The maximum absolute atomic E-state index is 6.88. The van der Waals surface area contributed by atoms with Crippen LogP contribution in [0.2, 0.25) is 0 Å². The Morgan fingerprint density at radius 3 is 1.48 bits per heavy atom. The van der Waals surface area contributed by atoms with Crippen molar-refractivity contribution in [1.82, 2.24) is 0 Å². The second-order valence-electron chi connectivity index (χ2n) is 16.0. The molecule has 0 aliphatic heterocycles. The molecule has 2 aromatic heterocycles. The molecule has 2 heterocycles. The highest BCUT2D eigenvalue weighted by Gasteiger charge is 2.26. The summed E-state index contributed by atoms with van der Waals surface area (Å²) in [6, 6.07) is 84.1. The Labute approximate surface area is 365 Å². The average Bonchev–Trinajstić information content (AvgIpc) is 3.93. The first-order chi connectivity index (χ1) is 31.3. The fraction of sp³-hybridized carbons (Fsp3) is 0. The molecule has 0 spiro atoms. The van der Waals surface area contributed by atoms with Crippen molar-refractivity contribution < 1.29 is 8.83 Å². The SMILES string of the molecule is c1ccc(-c2ccccc2-c2cccc(N(c3ccc4c(c3)oc3ccccc34)c3cccc(-c4ccccc4-c4ccccc4)c3-c3cccc4c3oc3ccccc34)c2)cc1. The van der Waals surface area contributed by atoms with Crippen LogP contribution in [0.25, 0.3) is 99.5 Å². The van der Waals surface area contributed by atoms with Crippen LogP contribution in [-0.4, -0.2) is 0 Å². The van der Waals surface area contributed by atoms with Crippen LogP contribution in [0, 0.1) is 0 Å². The van der Waals surface area contributed by atoms with Crippen LogP contribution in [-0.2, 0) is 0 Å². The van der Waals surface area contributed by atoms with E-state index in [-0.39, 0.29) is 0 Å². The molecule has 0 unspecified atom stereocenters. The summed E-state index contributed by atoms with van der Waals surface area (Å²) in [5.41, 5.74) is 17.7. The molecule has 0 fully saturated rings. The second-order valence-corrected chi connectivity index (χ2v) is 16.0. The van der Waals surface area contributed by atoms with Crippen molar-refractivity contribution in [2.45, 2.75) is 0 Å². The molecule has 0 saturated heterocycles. The zero-order valence-electron chi connectivity index (χ0n) is 34.3. The molecule has 0 radical (unpaired) electrons. The van der Waals surface area contributed by atoms with Gasteiger partial charge in [-0.15, -0.1) is 0 Å². The van der Waals surface area contributed by atoms with Gasteiger partial charge in [0.1, 0.15) is 22.3 Å². The molecule has 3 nitrogen and oxygen atoms in total. The minimum absolute atomic E-state index is 0.829. The molecule has 0 aliphatic carbocycles. The van der Waals surface area contributed by atoms with Crippen molar-refractivity contribution >= 4 is 60.9 Å². The highest BCUT2D eigenvalue weighted by atomic mass is 16.3.